The van der Waals surface area contributed by atoms with E-state index in [0.717, 1.165) is 44.5 Å². The molecule has 0 aliphatic carbocycles. The molecule has 25 heavy (non-hydrogen) atoms. The van der Waals surface area contributed by atoms with E-state index in [1.54, 1.807) is 13.0 Å². The van der Waals surface area contributed by atoms with Crippen molar-refractivity contribution in [3.63, 3.8) is 0 Å². The van der Waals surface area contributed by atoms with E-state index in [4.69, 9.17) is 4.52 Å². The topological polar surface area (TPSA) is 63.6 Å². The highest BCUT2D eigenvalue weighted by Crippen LogP contribution is 2.24. The van der Waals surface area contributed by atoms with Crippen LogP contribution < -0.4 is 0 Å². The smallest absolute Gasteiger partial charge is 0.276 e. The SMILES string of the molecule is Cc1cc(C(=O)N2CCC[C@@H](Cc3nccn4cccc34)CC2)no1. The molecule has 1 aliphatic heterocycles. The number of aryl methyl sites for hydroxylation is 1. The number of likely N-dealkylation sites (tertiary alicyclic amines) is 1. The Morgan fingerprint density at radius 2 is 2.24 bits per heavy atom. The predicted octanol–water partition coefficient (Wildman–Crippen LogP) is 3.12. The molecule has 0 unspecified atom stereocenters. The third-order valence-corrected chi connectivity index (χ3v) is 5.00. The molecule has 130 valence electrons. The fourth-order valence-corrected chi connectivity index (χ4v) is 3.66. The van der Waals surface area contributed by atoms with Crippen molar-refractivity contribution in [2.75, 3.05) is 13.1 Å². The average molecular weight is 338 g/mol. The zero-order valence-electron chi connectivity index (χ0n) is 14.4. The summed E-state index contributed by atoms with van der Waals surface area (Å²) in [7, 11) is 0. The lowest BCUT2D eigenvalue weighted by atomic mass is 9.95. The van der Waals surface area contributed by atoms with E-state index in [2.05, 4.69) is 20.6 Å². The molecule has 6 heteroatoms. The van der Waals surface area contributed by atoms with Crippen LogP contribution in [0, 0.1) is 12.8 Å². The van der Waals surface area contributed by atoms with Crippen molar-refractivity contribution >= 4 is 11.4 Å². The number of aromatic nitrogens is 3. The van der Waals surface area contributed by atoms with Crippen LogP contribution in [0.1, 0.15) is 41.2 Å². The second-order valence-electron chi connectivity index (χ2n) is 6.79. The van der Waals surface area contributed by atoms with Crippen molar-refractivity contribution in [2.45, 2.75) is 32.6 Å². The molecular weight excluding hydrogens is 316 g/mol. The van der Waals surface area contributed by atoms with Gasteiger partial charge in [0.15, 0.2) is 5.69 Å². The molecule has 3 aromatic heterocycles. The van der Waals surface area contributed by atoms with E-state index in [1.165, 1.54) is 5.52 Å². The number of amides is 1. The highest BCUT2D eigenvalue weighted by molar-refractivity contribution is 5.92. The molecule has 4 rings (SSSR count). The van der Waals surface area contributed by atoms with Crippen LogP contribution in [0.2, 0.25) is 0 Å². The summed E-state index contributed by atoms with van der Waals surface area (Å²) in [4.78, 5) is 19.0. The standard InChI is InChI=1S/C19H22N4O2/c1-14-12-17(21-25-14)19(24)23-9-2-4-15(6-10-23)13-16-18-5-3-8-22(18)11-7-20-16/h3,5,7-8,11-12,15H,2,4,6,9-10,13H2,1H3/t15-/m1/s1. The van der Waals surface area contributed by atoms with E-state index in [1.807, 2.05) is 29.6 Å². The Hall–Kier alpha value is -2.63. The maximum Gasteiger partial charge on any atom is 0.276 e. The molecule has 1 aliphatic rings. The lowest BCUT2D eigenvalue weighted by Gasteiger charge is -2.19. The number of rotatable bonds is 3. The lowest BCUT2D eigenvalue weighted by Crippen LogP contribution is -2.32. The zero-order valence-corrected chi connectivity index (χ0v) is 14.4. The van der Waals surface area contributed by atoms with Gasteiger partial charge >= 0.3 is 0 Å². The van der Waals surface area contributed by atoms with Crippen LogP contribution in [0.15, 0.2) is 41.3 Å². The highest BCUT2D eigenvalue weighted by atomic mass is 16.5. The Bertz CT molecular complexity index is 882. The minimum absolute atomic E-state index is 0.0238. The fraction of sp³-hybridized carbons (Fsp3) is 0.421. The number of carbonyl (C=O) groups is 1. The van der Waals surface area contributed by atoms with Gasteiger partial charge in [-0.15, -0.1) is 0 Å². The van der Waals surface area contributed by atoms with Crippen LogP contribution in [-0.2, 0) is 6.42 Å². The van der Waals surface area contributed by atoms with Crippen LogP contribution in [-0.4, -0.2) is 38.4 Å². The molecule has 1 amide bonds. The Labute approximate surface area is 146 Å². The van der Waals surface area contributed by atoms with Crippen LogP contribution in [0.5, 0.6) is 0 Å². The molecule has 0 saturated carbocycles. The van der Waals surface area contributed by atoms with Gasteiger partial charge in [-0.1, -0.05) is 5.16 Å². The molecule has 4 heterocycles. The largest absolute Gasteiger partial charge is 0.361 e. The van der Waals surface area contributed by atoms with Crippen molar-refractivity contribution < 1.29 is 9.32 Å². The van der Waals surface area contributed by atoms with Gasteiger partial charge in [0.05, 0.1) is 11.2 Å². The minimum Gasteiger partial charge on any atom is -0.361 e. The van der Waals surface area contributed by atoms with Gasteiger partial charge in [-0.2, -0.15) is 0 Å². The molecule has 3 aromatic rings. The van der Waals surface area contributed by atoms with Gasteiger partial charge in [0.1, 0.15) is 5.76 Å². The fourth-order valence-electron chi connectivity index (χ4n) is 3.66. The molecule has 1 fully saturated rings. The maximum atomic E-state index is 12.6. The van der Waals surface area contributed by atoms with E-state index >= 15 is 0 Å². The van der Waals surface area contributed by atoms with Crippen molar-refractivity contribution in [3.05, 3.63) is 53.9 Å². The molecule has 6 nitrogen and oxygen atoms in total. The first-order valence-corrected chi connectivity index (χ1v) is 8.84. The third kappa shape index (κ3) is 3.29. The number of hydrogen-bond acceptors (Lipinski definition) is 4. The van der Waals surface area contributed by atoms with Gasteiger partial charge in [-0.25, -0.2) is 0 Å². The van der Waals surface area contributed by atoms with Gasteiger partial charge in [0.2, 0.25) is 0 Å². The molecule has 1 saturated heterocycles. The first kappa shape index (κ1) is 15.9. The highest BCUT2D eigenvalue weighted by Gasteiger charge is 2.24. The van der Waals surface area contributed by atoms with Crippen LogP contribution in [0.25, 0.3) is 5.52 Å². The number of carbonyl (C=O) groups excluding carboxylic acids is 1. The lowest BCUT2D eigenvalue weighted by molar-refractivity contribution is 0.0749. The molecule has 0 bridgehead atoms. The second-order valence-corrected chi connectivity index (χ2v) is 6.79. The van der Waals surface area contributed by atoms with E-state index in [0.29, 0.717) is 17.4 Å². The maximum absolute atomic E-state index is 12.6. The summed E-state index contributed by atoms with van der Waals surface area (Å²) in [6.45, 7) is 3.35. The van der Waals surface area contributed by atoms with Crippen molar-refractivity contribution in [1.29, 1.82) is 0 Å². The van der Waals surface area contributed by atoms with Crippen LogP contribution in [0.4, 0.5) is 0 Å². The first-order chi connectivity index (χ1) is 12.2. The Morgan fingerprint density at radius 1 is 1.32 bits per heavy atom. The predicted molar refractivity (Wildman–Crippen MR) is 93.4 cm³/mol. The van der Waals surface area contributed by atoms with Gasteiger partial charge in [-0.3, -0.25) is 9.78 Å². The zero-order chi connectivity index (χ0) is 17.2. The first-order valence-electron chi connectivity index (χ1n) is 8.84. The van der Waals surface area contributed by atoms with Crippen LogP contribution in [0.3, 0.4) is 0 Å². The molecular formula is C19H22N4O2. The van der Waals surface area contributed by atoms with Gasteiger partial charge in [0.25, 0.3) is 5.91 Å². The Balaban J connectivity index is 1.43. The molecule has 0 spiro atoms. The van der Waals surface area contributed by atoms with Crippen molar-refractivity contribution in [3.8, 4) is 0 Å². The van der Waals surface area contributed by atoms with E-state index < -0.39 is 0 Å². The van der Waals surface area contributed by atoms with Gasteiger partial charge in [-0.05, 0) is 50.7 Å². The monoisotopic (exact) mass is 338 g/mol. The summed E-state index contributed by atoms with van der Waals surface area (Å²) in [5, 5.41) is 3.86. The number of hydrogen-bond donors (Lipinski definition) is 0. The molecule has 0 N–H and O–H groups in total. The number of fused-ring (bicyclic) bond motifs is 1. The second kappa shape index (κ2) is 6.70. The number of nitrogens with zero attached hydrogens (tertiary/aromatic N) is 4. The summed E-state index contributed by atoms with van der Waals surface area (Å²) in [5.74, 6) is 1.19. The summed E-state index contributed by atoms with van der Waals surface area (Å²) in [6, 6.07) is 5.87. The normalized spacial score (nSPS) is 18.4. The van der Waals surface area contributed by atoms with Crippen molar-refractivity contribution in [2.24, 2.45) is 5.92 Å². The van der Waals surface area contributed by atoms with Gasteiger partial charge < -0.3 is 13.8 Å². The van der Waals surface area contributed by atoms with Gasteiger partial charge in [0, 0.05) is 37.7 Å². The summed E-state index contributed by atoms with van der Waals surface area (Å²) in [6.07, 6.45) is 9.97. The quantitative estimate of drug-likeness (QED) is 0.736. The van der Waals surface area contributed by atoms with Crippen LogP contribution >= 0.6 is 0 Å². The molecule has 1 atom stereocenters. The summed E-state index contributed by atoms with van der Waals surface area (Å²) in [5.41, 5.74) is 2.73. The molecule has 0 radical (unpaired) electrons. The minimum atomic E-state index is -0.0238. The third-order valence-electron chi connectivity index (χ3n) is 5.00. The van der Waals surface area contributed by atoms with E-state index in [-0.39, 0.29) is 5.91 Å². The Morgan fingerprint density at radius 3 is 3.08 bits per heavy atom. The van der Waals surface area contributed by atoms with Crippen molar-refractivity contribution in [1.82, 2.24) is 19.4 Å². The van der Waals surface area contributed by atoms with E-state index in [9.17, 15) is 4.79 Å². The average Bonchev–Trinajstić information content (AvgIpc) is 3.20. The summed E-state index contributed by atoms with van der Waals surface area (Å²) < 4.78 is 7.15. The Kier molecular flexibility index (Phi) is 4.26. The summed E-state index contributed by atoms with van der Waals surface area (Å²) >= 11 is 0. The molecule has 0 aromatic carbocycles.